The first-order chi connectivity index (χ1) is 11.8. The Kier molecular flexibility index (Phi) is 4.17. The Morgan fingerprint density at radius 2 is 2.21 bits per heavy atom. The van der Waals surface area contributed by atoms with Crippen LogP contribution in [-0.2, 0) is 16.1 Å². The van der Waals surface area contributed by atoms with Gasteiger partial charge in [0.15, 0.2) is 0 Å². The maximum atomic E-state index is 12.3. The Bertz CT molecular complexity index is 676. The molecule has 2 saturated heterocycles. The van der Waals surface area contributed by atoms with Crippen LogP contribution in [0.1, 0.15) is 18.6 Å². The van der Waals surface area contributed by atoms with Crippen LogP contribution in [0.4, 0.5) is 5.95 Å². The van der Waals surface area contributed by atoms with E-state index < -0.39 is 0 Å². The molecule has 3 atom stereocenters. The normalized spacial score (nSPS) is 26.2. The lowest BCUT2D eigenvalue weighted by molar-refractivity contribution is -0.132. The molecule has 4 heterocycles. The van der Waals surface area contributed by atoms with Crippen LogP contribution in [0.15, 0.2) is 41.3 Å². The van der Waals surface area contributed by atoms with Gasteiger partial charge in [0.05, 0.1) is 18.9 Å². The van der Waals surface area contributed by atoms with Gasteiger partial charge < -0.3 is 19.4 Å². The molecule has 0 unspecified atom stereocenters. The van der Waals surface area contributed by atoms with Crippen molar-refractivity contribution < 1.29 is 13.9 Å². The Labute approximate surface area is 140 Å². The van der Waals surface area contributed by atoms with Crippen LogP contribution in [-0.4, -0.2) is 41.2 Å². The van der Waals surface area contributed by atoms with Crippen molar-refractivity contribution in [3.05, 3.63) is 42.6 Å². The number of carbonyl (C=O) groups excluding carboxylic acids is 1. The van der Waals surface area contributed by atoms with E-state index in [-0.39, 0.29) is 18.1 Å². The van der Waals surface area contributed by atoms with Crippen LogP contribution in [0.2, 0.25) is 0 Å². The molecular formula is C17H20N4O3. The van der Waals surface area contributed by atoms with Crippen molar-refractivity contribution in [3.63, 3.8) is 0 Å². The molecule has 2 aliphatic rings. The van der Waals surface area contributed by atoms with Gasteiger partial charge in [-0.2, -0.15) is 0 Å². The minimum atomic E-state index is -0.383. The van der Waals surface area contributed by atoms with Crippen molar-refractivity contribution in [1.82, 2.24) is 15.3 Å². The number of carbonyl (C=O) groups is 1. The van der Waals surface area contributed by atoms with E-state index in [0.29, 0.717) is 12.5 Å². The van der Waals surface area contributed by atoms with Crippen LogP contribution in [0, 0.1) is 5.92 Å². The predicted molar refractivity (Wildman–Crippen MR) is 86.2 cm³/mol. The summed E-state index contributed by atoms with van der Waals surface area (Å²) in [5.74, 6) is 1.82. The minimum absolute atomic E-state index is 0.0573. The Morgan fingerprint density at radius 1 is 1.33 bits per heavy atom. The Balaban J connectivity index is 1.33. The fraction of sp³-hybridized carbons (Fsp3) is 0.471. The highest BCUT2D eigenvalue weighted by Crippen LogP contribution is 2.34. The third-order valence-electron chi connectivity index (χ3n) is 4.70. The van der Waals surface area contributed by atoms with Gasteiger partial charge in [0, 0.05) is 25.5 Å². The number of hydrogen-bond donors (Lipinski definition) is 1. The second kappa shape index (κ2) is 6.60. The van der Waals surface area contributed by atoms with E-state index in [1.807, 2.05) is 18.2 Å². The summed E-state index contributed by atoms with van der Waals surface area (Å²) in [4.78, 5) is 23.0. The van der Waals surface area contributed by atoms with Crippen LogP contribution >= 0.6 is 0 Å². The zero-order valence-corrected chi connectivity index (χ0v) is 13.3. The molecule has 24 heavy (non-hydrogen) atoms. The quantitative estimate of drug-likeness (QED) is 0.913. The number of amides is 1. The van der Waals surface area contributed by atoms with Gasteiger partial charge in [-0.3, -0.25) is 4.79 Å². The summed E-state index contributed by atoms with van der Waals surface area (Å²) in [5.41, 5.74) is 0. The molecular weight excluding hydrogens is 308 g/mol. The molecule has 7 heteroatoms. The summed E-state index contributed by atoms with van der Waals surface area (Å²) in [5, 5.41) is 2.88. The summed E-state index contributed by atoms with van der Waals surface area (Å²) in [7, 11) is 0. The van der Waals surface area contributed by atoms with Crippen molar-refractivity contribution in [2.45, 2.75) is 31.6 Å². The van der Waals surface area contributed by atoms with Gasteiger partial charge >= 0.3 is 0 Å². The number of furan rings is 1. The molecule has 2 aliphatic heterocycles. The van der Waals surface area contributed by atoms with Crippen LogP contribution in [0.5, 0.6) is 0 Å². The summed E-state index contributed by atoms with van der Waals surface area (Å²) in [6.07, 6.45) is 6.53. The molecule has 4 rings (SSSR count). The first-order valence-electron chi connectivity index (χ1n) is 8.27. The van der Waals surface area contributed by atoms with E-state index in [9.17, 15) is 4.79 Å². The monoisotopic (exact) mass is 328 g/mol. The van der Waals surface area contributed by atoms with Gasteiger partial charge in [0.1, 0.15) is 11.9 Å². The highest BCUT2D eigenvalue weighted by Gasteiger charge is 2.42. The number of ether oxygens (including phenoxy) is 1. The smallest absolute Gasteiger partial charge is 0.249 e. The average Bonchev–Trinajstić information content (AvgIpc) is 3.29. The number of hydrogen-bond acceptors (Lipinski definition) is 6. The third-order valence-corrected chi connectivity index (χ3v) is 4.70. The molecule has 0 bridgehead atoms. The number of aromatic nitrogens is 2. The minimum Gasteiger partial charge on any atom is -0.467 e. The van der Waals surface area contributed by atoms with Gasteiger partial charge in [0.25, 0.3) is 0 Å². The number of nitrogens with zero attached hydrogens (tertiary/aromatic N) is 3. The second-order valence-corrected chi connectivity index (χ2v) is 6.24. The molecule has 126 valence electrons. The molecule has 7 nitrogen and oxygen atoms in total. The SMILES string of the molecule is O=C(NCc1ccco1)[C@@H]1C[C@H]2CCN(c3ncccn3)C[C@H]2O1. The Hall–Kier alpha value is -2.41. The maximum absolute atomic E-state index is 12.3. The van der Waals surface area contributed by atoms with Crippen molar-refractivity contribution in [2.24, 2.45) is 5.92 Å². The first kappa shape index (κ1) is 15.1. The van der Waals surface area contributed by atoms with E-state index in [1.54, 1.807) is 18.7 Å². The average molecular weight is 328 g/mol. The van der Waals surface area contributed by atoms with Gasteiger partial charge in [0.2, 0.25) is 11.9 Å². The maximum Gasteiger partial charge on any atom is 0.249 e. The van der Waals surface area contributed by atoms with Crippen molar-refractivity contribution >= 4 is 11.9 Å². The topological polar surface area (TPSA) is 80.5 Å². The van der Waals surface area contributed by atoms with E-state index in [4.69, 9.17) is 9.15 Å². The lowest BCUT2D eigenvalue weighted by atomic mass is 9.92. The number of piperidine rings is 1. The summed E-state index contributed by atoms with van der Waals surface area (Å²) in [6, 6.07) is 5.46. The predicted octanol–water partition coefficient (Wildman–Crippen LogP) is 1.37. The summed E-state index contributed by atoms with van der Waals surface area (Å²) >= 11 is 0. The number of anilines is 1. The number of nitrogens with one attached hydrogen (secondary N) is 1. The number of rotatable bonds is 4. The lowest BCUT2D eigenvalue weighted by Crippen LogP contribution is -2.43. The lowest BCUT2D eigenvalue weighted by Gasteiger charge is -2.33. The van der Waals surface area contributed by atoms with Crippen molar-refractivity contribution in [2.75, 3.05) is 18.0 Å². The fourth-order valence-electron chi connectivity index (χ4n) is 3.44. The van der Waals surface area contributed by atoms with Crippen LogP contribution in [0.25, 0.3) is 0 Å². The van der Waals surface area contributed by atoms with E-state index in [2.05, 4.69) is 20.2 Å². The fourth-order valence-corrected chi connectivity index (χ4v) is 3.44. The molecule has 0 radical (unpaired) electrons. The van der Waals surface area contributed by atoms with Gasteiger partial charge in [-0.05, 0) is 37.0 Å². The first-order valence-corrected chi connectivity index (χ1v) is 8.27. The van der Waals surface area contributed by atoms with Crippen molar-refractivity contribution in [3.8, 4) is 0 Å². The zero-order valence-electron chi connectivity index (χ0n) is 13.3. The van der Waals surface area contributed by atoms with Gasteiger partial charge in [-0.15, -0.1) is 0 Å². The van der Waals surface area contributed by atoms with Crippen LogP contribution < -0.4 is 10.2 Å². The van der Waals surface area contributed by atoms with E-state index in [1.165, 1.54) is 0 Å². The highest BCUT2D eigenvalue weighted by molar-refractivity contribution is 5.81. The molecule has 2 aromatic rings. The Morgan fingerprint density at radius 3 is 3.00 bits per heavy atom. The zero-order chi connectivity index (χ0) is 16.4. The van der Waals surface area contributed by atoms with Crippen molar-refractivity contribution in [1.29, 1.82) is 0 Å². The molecule has 0 spiro atoms. The molecule has 1 amide bonds. The van der Waals surface area contributed by atoms with Crippen LogP contribution in [0.3, 0.4) is 0 Å². The third kappa shape index (κ3) is 3.12. The number of fused-ring (bicyclic) bond motifs is 1. The molecule has 0 aromatic carbocycles. The second-order valence-electron chi connectivity index (χ2n) is 6.24. The van der Waals surface area contributed by atoms with E-state index in [0.717, 1.165) is 37.6 Å². The molecule has 0 saturated carbocycles. The molecule has 0 aliphatic carbocycles. The van der Waals surface area contributed by atoms with Gasteiger partial charge in [-0.25, -0.2) is 9.97 Å². The summed E-state index contributed by atoms with van der Waals surface area (Å²) < 4.78 is 11.2. The summed E-state index contributed by atoms with van der Waals surface area (Å²) in [6.45, 7) is 2.02. The molecule has 2 aromatic heterocycles. The largest absolute Gasteiger partial charge is 0.467 e. The molecule has 1 N–H and O–H groups in total. The van der Waals surface area contributed by atoms with E-state index >= 15 is 0 Å². The highest BCUT2D eigenvalue weighted by atomic mass is 16.5. The van der Waals surface area contributed by atoms with Gasteiger partial charge in [-0.1, -0.05) is 0 Å². The molecule has 2 fully saturated rings. The standard InChI is InChI=1S/C17H20N4O3/c22-16(20-10-13-3-1-8-23-13)14-9-12-4-7-21(11-15(12)24-14)17-18-5-2-6-19-17/h1-3,5-6,8,12,14-15H,4,7,9-11H2,(H,20,22)/t12-,14+,15-/m1/s1.